The van der Waals surface area contributed by atoms with Gasteiger partial charge in [-0.15, -0.1) is 11.3 Å². The highest BCUT2D eigenvalue weighted by Gasteiger charge is 2.16. The van der Waals surface area contributed by atoms with Crippen LogP contribution in [0.1, 0.15) is 10.5 Å². The van der Waals surface area contributed by atoms with Crippen molar-refractivity contribution < 1.29 is 23.1 Å². The fourth-order valence-corrected chi connectivity index (χ4v) is 2.77. The van der Waals surface area contributed by atoms with Gasteiger partial charge >= 0.3 is 5.97 Å². The van der Waals surface area contributed by atoms with Crippen LogP contribution in [-0.4, -0.2) is 33.2 Å². The summed E-state index contributed by atoms with van der Waals surface area (Å²) in [5.41, 5.74) is 0.875. The lowest BCUT2D eigenvalue weighted by Gasteiger charge is -2.06. The van der Waals surface area contributed by atoms with Gasteiger partial charge in [-0.3, -0.25) is 9.48 Å². The summed E-state index contributed by atoms with van der Waals surface area (Å²) in [5, 5.41) is 8.43. The molecule has 0 aliphatic rings. The number of aromatic nitrogens is 3. The first-order chi connectivity index (χ1) is 12.4. The molecule has 10 heteroatoms. The Morgan fingerprint density at radius 3 is 2.81 bits per heavy atom. The minimum absolute atomic E-state index is 0.0532. The molecule has 0 bridgehead atoms. The topological polar surface area (TPSA) is 86.1 Å². The number of carbonyl (C=O) groups is 2. The van der Waals surface area contributed by atoms with Crippen LogP contribution in [-0.2, 0) is 16.6 Å². The highest BCUT2D eigenvalue weighted by atomic mass is 32.1. The van der Waals surface area contributed by atoms with E-state index in [1.807, 2.05) is 0 Å². The van der Waals surface area contributed by atoms with Crippen molar-refractivity contribution in [2.75, 3.05) is 11.9 Å². The summed E-state index contributed by atoms with van der Waals surface area (Å²) in [6.45, 7) is -0.586. The maximum Gasteiger partial charge on any atom is 0.358 e. The molecule has 0 radical (unpaired) electrons. The van der Waals surface area contributed by atoms with Crippen molar-refractivity contribution in [2.24, 2.45) is 7.05 Å². The quantitative estimate of drug-likeness (QED) is 0.690. The van der Waals surface area contributed by atoms with Gasteiger partial charge in [0.2, 0.25) is 0 Å². The normalized spacial score (nSPS) is 10.6. The van der Waals surface area contributed by atoms with Crippen LogP contribution in [0, 0.1) is 11.6 Å². The average Bonchev–Trinajstić information content (AvgIpc) is 3.25. The summed E-state index contributed by atoms with van der Waals surface area (Å²) < 4.78 is 32.4. The van der Waals surface area contributed by atoms with Crippen LogP contribution in [0.2, 0.25) is 0 Å². The lowest BCUT2D eigenvalue weighted by Crippen LogP contribution is -2.21. The fourth-order valence-electron chi connectivity index (χ4n) is 2.01. The number of amides is 1. The molecule has 0 aliphatic carbocycles. The number of thiazole rings is 1. The van der Waals surface area contributed by atoms with Crippen LogP contribution in [0.4, 0.5) is 14.5 Å². The number of hydrogen-bond donors (Lipinski definition) is 1. The van der Waals surface area contributed by atoms with Gasteiger partial charge in [-0.1, -0.05) is 0 Å². The average molecular weight is 378 g/mol. The van der Waals surface area contributed by atoms with Gasteiger partial charge in [0.25, 0.3) is 5.91 Å². The Kier molecular flexibility index (Phi) is 5.03. The van der Waals surface area contributed by atoms with Gasteiger partial charge in [0.15, 0.2) is 23.9 Å². The molecule has 2 heterocycles. The molecule has 0 saturated heterocycles. The maximum atomic E-state index is 13.1. The molecule has 7 nitrogen and oxygen atoms in total. The van der Waals surface area contributed by atoms with Crippen molar-refractivity contribution in [3.63, 3.8) is 0 Å². The highest BCUT2D eigenvalue weighted by molar-refractivity contribution is 7.13. The van der Waals surface area contributed by atoms with Crippen LogP contribution in [0.5, 0.6) is 0 Å². The lowest BCUT2D eigenvalue weighted by molar-refractivity contribution is -0.119. The number of carbonyl (C=O) groups excluding carboxylic acids is 2. The fraction of sp³-hybridized carbons (Fsp3) is 0.125. The molecule has 134 valence electrons. The van der Waals surface area contributed by atoms with Crippen LogP contribution in [0.25, 0.3) is 10.6 Å². The first-order valence-corrected chi connectivity index (χ1v) is 8.17. The minimum atomic E-state index is -1.09. The van der Waals surface area contributed by atoms with Gasteiger partial charge in [-0.2, -0.15) is 5.10 Å². The Morgan fingerprint density at radius 1 is 1.31 bits per heavy atom. The van der Waals surface area contributed by atoms with Crippen LogP contribution in [0.3, 0.4) is 0 Å². The summed E-state index contributed by atoms with van der Waals surface area (Å²) in [6.07, 6.45) is 3.37. The third-order valence-corrected chi connectivity index (χ3v) is 4.09. The maximum absolute atomic E-state index is 13.1. The number of hydrogen-bond acceptors (Lipinski definition) is 6. The van der Waals surface area contributed by atoms with Crippen LogP contribution < -0.4 is 5.32 Å². The van der Waals surface area contributed by atoms with Crippen molar-refractivity contribution >= 4 is 28.9 Å². The molecular weight excluding hydrogens is 366 g/mol. The molecule has 1 aromatic carbocycles. The Hall–Kier alpha value is -3.14. The van der Waals surface area contributed by atoms with E-state index in [1.54, 1.807) is 24.1 Å². The molecule has 26 heavy (non-hydrogen) atoms. The van der Waals surface area contributed by atoms with E-state index in [2.05, 4.69) is 15.4 Å². The predicted octanol–water partition coefficient (Wildman–Crippen LogP) is 2.62. The molecule has 3 rings (SSSR count). The van der Waals surface area contributed by atoms with Gasteiger partial charge in [0.1, 0.15) is 5.01 Å². The first-order valence-electron chi connectivity index (χ1n) is 7.29. The number of halogens is 2. The molecular formula is C16H12F2N4O3S. The van der Waals surface area contributed by atoms with Gasteiger partial charge < -0.3 is 10.1 Å². The number of benzene rings is 1. The van der Waals surface area contributed by atoms with E-state index in [-0.39, 0.29) is 11.4 Å². The molecule has 1 N–H and O–H groups in total. The van der Waals surface area contributed by atoms with E-state index in [0.29, 0.717) is 5.01 Å². The number of aryl methyl sites for hydroxylation is 1. The van der Waals surface area contributed by atoms with Gasteiger partial charge in [0.05, 0.1) is 6.20 Å². The molecule has 1 amide bonds. The number of rotatable bonds is 5. The Morgan fingerprint density at radius 2 is 2.12 bits per heavy atom. The summed E-state index contributed by atoms with van der Waals surface area (Å²) >= 11 is 1.24. The smallest absolute Gasteiger partial charge is 0.358 e. The second kappa shape index (κ2) is 7.40. The lowest BCUT2D eigenvalue weighted by atomic mass is 10.3. The van der Waals surface area contributed by atoms with E-state index < -0.39 is 30.1 Å². The molecule has 0 aliphatic heterocycles. The first kappa shape index (κ1) is 17.7. The molecule has 0 unspecified atom stereocenters. The predicted molar refractivity (Wildman–Crippen MR) is 89.6 cm³/mol. The third kappa shape index (κ3) is 4.09. The summed E-state index contributed by atoms with van der Waals surface area (Å²) in [6, 6.07) is 2.90. The zero-order valence-electron chi connectivity index (χ0n) is 13.4. The van der Waals surface area contributed by atoms with Crippen molar-refractivity contribution in [3.05, 3.63) is 53.3 Å². The SMILES string of the molecule is Cn1cc(-c2nc(C(=O)OCC(=O)Nc3ccc(F)c(F)c3)cs2)cn1. The highest BCUT2D eigenvalue weighted by Crippen LogP contribution is 2.23. The van der Waals surface area contributed by atoms with E-state index >= 15 is 0 Å². The number of nitrogens with one attached hydrogen (secondary N) is 1. The largest absolute Gasteiger partial charge is 0.451 e. The zero-order chi connectivity index (χ0) is 18.7. The monoisotopic (exact) mass is 378 g/mol. The van der Waals surface area contributed by atoms with Crippen molar-refractivity contribution in [1.29, 1.82) is 0 Å². The number of ether oxygens (including phenoxy) is 1. The Bertz CT molecular complexity index is 970. The van der Waals surface area contributed by atoms with Crippen LogP contribution in [0.15, 0.2) is 36.0 Å². The molecule has 0 saturated carbocycles. The minimum Gasteiger partial charge on any atom is -0.451 e. The summed E-state index contributed by atoms with van der Waals surface area (Å²) in [7, 11) is 1.76. The van der Waals surface area contributed by atoms with Crippen molar-refractivity contribution in [3.8, 4) is 10.6 Å². The molecule has 2 aromatic heterocycles. The molecule has 0 spiro atoms. The van der Waals surface area contributed by atoms with E-state index in [0.717, 1.165) is 17.7 Å². The second-order valence-corrected chi connectivity index (χ2v) is 6.05. The number of nitrogens with zero attached hydrogens (tertiary/aromatic N) is 3. The van der Waals surface area contributed by atoms with Gasteiger partial charge in [-0.25, -0.2) is 18.6 Å². The van der Waals surface area contributed by atoms with E-state index in [4.69, 9.17) is 4.74 Å². The van der Waals surface area contributed by atoms with E-state index in [9.17, 15) is 18.4 Å². The standard InChI is InChI=1S/C16H12F2N4O3S/c1-22-6-9(5-19-22)15-21-13(8-26-15)16(24)25-7-14(23)20-10-2-3-11(17)12(18)4-10/h2-6,8H,7H2,1H3,(H,20,23). The van der Waals surface area contributed by atoms with Gasteiger partial charge in [-0.05, 0) is 12.1 Å². The molecule has 0 atom stereocenters. The third-order valence-electron chi connectivity index (χ3n) is 3.20. The number of esters is 1. The summed E-state index contributed by atoms with van der Waals surface area (Å²) in [5.74, 6) is -3.57. The Labute approximate surface area is 150 Å². The molecule has 3 aromatic rings. The zero-order valence-corrected chi connectivity index (χ0v) is 14.2. The van der Waals surface area contributed by atoms with Crippen molar-refractivity contribution in [1.82, 2.24) is 14.8 Å². The van der Waals surface area contributed by atoms with Gasteiger partial charge in [0, 0.05) is 35.9 Å². The van der Waals surface area contributed by atoms with Crippen molar-refractivity contribution in [2.45, 2.75) is 0 Å². The Balaban J connectivity index is 1.56. The number of anilines is 1. The van der Waals surface area contributed by atoms with Crippen LogP contribution >= 0.6 is 11.3 Å². The van der Waals surface area contributed by atoms with E-state index in [1.165, 1.54) is 22.8 Å². The second-order valence-electron chi connectivity index (χ2n) is 5.19. The summed E-state index contributed by atoms with van der Waals surface area (Å²) in [4.78, 5) is 27.8. The molecule has 0 fully saturated rings.